The number of piperazine rings is 1. The van der Waals surface area contributed by atoms with Gasteiger partial charge in [0.25, 0.3) is 5.91 Å². The van der Waals surface area contributed by atoms with Gasteiger partial charge in [-0.25, -0.2) is 0 Å². The van der Waals surface area contributed by atoms with Gasteiger partial charge in [0.15, 0.2) is 0 Å². The minimum atomic E-state index is 0.0405. The molecule has 2 aromatic rings. The van der Waals surface area contributed by atoms with E-state index < -0.39 is 0 Å². The SMILES string of the molecule is Cc1ccc(C(=O)N2CCN(C(=O)CCCOc3ccccc3C)CC2)cc1. The largest absolute Gasteiger partial charge is 0.493 e. The van der Waals surface area contributed by atoms with Crippen LogP contribution < -0.4 is 4.74 Å². The molecular formula is C23H28N2O3. The monoisotopic (exact) mass is 380 g/mol. The van der Waals surface area contributed by atoms with E-state index in [1.165, 1.54) is 0 Å². The average Bonchev–Trinajstić information content (AvgIpc) is 2.72. The maximum atomic E-state index is 12.6. The predicted octanol–water partition coefficient (Wildman–Crippen LogP) is 3.45. The van der Waals surface area contributed by atoms with E-state index in [-0.39, 0.29) is 11.8 Å². The molecule has 0 N–H and O–H groups in total. The van der Waals surface area contributed by atoms with Crippen molar-refractivity contribution in [2.75, 3.05) is 32.8 Å². The Morgan fingerprint density at radius 3 is 2.21 bits per heavy atom. The number of aryl methyl sites for hydroxylation is 2. The van der Waals surface area contributed by atoms with Gasteiger partial charge in [0.1, 0.15) is 5.75 Å². The Morgan fingerprint density at radius 1 is 0.893 bits per heavy atom. The normalized spacial score (nSPS) is 14.1. The number of carbonyl (C=O) groups is 2. The molecule has 0 aromatic heterocycles. The Kier molecular flexibility index (Phi) is 6.69. The molecule has 1 aliphatic heterocycles. The number of nitrogens with zero attached hydrogens (tertiary/aromatic N) is 2. The highest BCUT2D eigenvalue weighted by Crippen LogP contribution is 2.17. The lowest BCUT2D eigenvalue weighted by atomic mass is 10.1. The zero-order chi connectivity index (χ0) is 19.9. The molecule has 0 radical (unpaired) electrons. The van der Waals surface area contributed by atoms with Gasteiger partial charge in [-0.2, -0.15) is 0 Å². The number of para-hydroxylation sites is 1. The van der Waals surface area contributed by atoms with E-state index in [2.05, 4.69) is 0 Å². The summed E-state index contributed by atoms with van der Waals surface area (Å²) in [6.07, 6.45) is 1.16. The van der Waals surface area contributed by atoms with E-state index in [0.717, 1.165) is 16.9 Å². The molecule has 3 rings (SSSR count). The minimum absolute atomic E-state index is 0.0405. The van der Waals surface area contributed by atoms with Crippen LogP contribution in [0.3, 0.4) is 0 Å². The third-order valence-electron chi connectivity index (χ3n) is 5.10. The lowest BCUT2D eigenvalue weighted by Crippen LogP contribution is -2.50. The summed E-state index contributed by atoms with van der Waals surface area (Å²) in [5, 5.41) is 0. The molecule has 2 amide bonds. The van der Waals surface area contributed by atoms with Crippen LogP contribution in [0, 0.1) is 13.8 Å². The number of carbonyl (C=O) groups excluding carboxylic acids is 2. The molecule has 0 unspecified atom stereocenters. The first kappa shape index (κ1) is 19.9. The second-order valence-electron chi connectivity index (χ2n) is 7.26. The highest BCUT2D eigenvalue weighted by Gasteiger charge is 2.24. The topological polar surface area (TPSA) is 49.9 Å². The average molecular weight is 380 g/mol. The molecular weight excluding hydrogens is 352 g/mol. The van der Waals surface area contributed by atoms with Gasteiger partial charge >= 0.3 is 0 Å². The van der Waals surface area contributed by atoms with E-state index in [1.807, 2.05) is 72.2 Å². The molecule has 1 aliphatic rings. The summed E-state index contributed by atoms with van der Waals surface area (Å²) in [5.41, 5.74) is 2.94. The van der Waals surface area contributed by atoms with E-state index in [9.17, 15) is 9.59 Å². The van der Waals surface area contributed by atoms with Gasteiger partial charge in [0, 0.05) is 38.2 Å². The van der Waals surface area contributed by atoms with Crippen molar-refractivity contribution in [3.05, 3.63) is 65.2 Å². The lowest BCUT2D eigenvalue weighted by molar-refractivity contribution is -0.132. The second-order valence-corrected chi connectivity index (χ2v) is 7.26. The Labute approximate surface area is 166 Å². The van der Waals surface area contributed by atoms with E-state index in [0.29, 0.717) is 51.2 Å². The van der Waals surface area contributed by atoms with Crippen LogP contribution in [0.2, 0.25) is 0 Å². The third-order valence-corrected chi connectivity index (χ3v) is 5.10. The molecule has 1 fully saturated rings. The van der Waals surface area contributed by atoms with Crippen molar-refractivity contribution in [1.82, 2.24) is 9.80 Å². The summed E-state index contributed by atoms with van der Waals surface area (Å²) in [4.78, 5) is 28.7. The number of rotatable bonds is 6. The van der Waals surface area contributed by atoms with Crippen LogP contribution in [0.25, 0.3) is 0 Å². The van der Waals surface area contributed by atoms with Crippen LogP contribution in [0.4, 0.5) is 0 Å². The van der Waals surface area contributed by atoms with Crippen molar-refractivity contribution < 1.29 is 14.3 Å². The maximum absolute atomic E-state index is 12.6. The van der Waals surface area contributed by atoms with Crippen LogP contribution in [0.1, 0.15) is 34.3 Å². The lowest BCUT2D eigenvalue weighted by Gasteiger charge is -2.35. The summed E-state index contributed by atoms with van der Waals surface area (Å²) < 4.78 is 5.76. The quantitative estimate of drug-likeness (QED) is 0.722. The Hall–Kier alpha value is -2.82. The van der Waals surface area contributed by atoms with E-state index >= 15 is 0 Å². The van der Waals surface area contributed by atoms with Crippen LogP contribution in [-0.2, 0) is 4.79 Å². The van der Waals surface area contributed by atoms with Crippen molar-refractivity contribution in [3.63, 3.8) is 0 Å². The van der Waals surface area contributed by atoms with Gasteiger partial charge in [-0.05, 0) is 44.0 Å². The maximum Gasteiger partial charge on any atom is 0.253 e. The highest BCUT2D eigenvalue weighted by atomic mass is 16.5. The first-order chi connectivity index (χ1) is 13.5. The highest BCUT2D eigenvalue weighted by molar-refractivity contribution is 5.94. The number of ether oxygens (including phenoxy) is 1. The molecule has 0 spiro atoms. The van der Waals surface area contributed by atoms with Gasteiger partial charge in [0.05, 0.1) is 6.61 Å². The molecule has 28 heavy (non-hydrogen) atoms. The van der Waals surface area contributed by atoms with Crippen molar-refractivity contribution in [1.29, 1.82) is 0 Å². The summed E-state index contributed by atoms with van der Waals surface area (Å²) in [5.74, 6) is 1.05. The standard InChI is InChI=1S/C23H28N2O3/c1-18-9-11-20(12-10-18)23(27)25-15-13-24(14-16-25)22(26)8-5-17-28-21-7-4-3-6-19(21)2/h3-4,6-7,9-12H,5,8,13-17H2,1-2H3. The zero-order valence-electron chi connectivity index (χ0n) is 16.7. The zero-order valence-corrected chi connectivity index (χ0v) is 16.7. The minimum Gasteiger partial charge on any atom is -0.493 e. The first-order valence-corrected chi connectivity index (χ1v) is 9.87. The fourth-order valence-electron chi connectivity index (χ4n) is 3.32. The summed E-state index contributed by atoms with van der Waals surface area (Å²) in [6.45, 7) is 6.89. The van der Waals surface area contributed by atoms with Crippen LogP contribution >= 0.6 is 0 Å². The Balaban J connectivity index is 1.39. The smallest absolute Gasteiger partial charge is 0.253 e. The number of hydrogen-bond donors (Lipinski definition) is 0. The Morgan fingerprint density at radius 2 is 1.54 bits per heavy atom. The molecule has 0 bridgehead atoms. The van der Waals surface area contributed by atoms with Gasteiger partial charge in [-0.1, -0.05) is 35.9 Å². The molecule has 148 valence electrons. The van der Waals surface area contributed by atoms with Crippen molar-refractivity contribution in [3.8, 4) is 5.75 Å². The van der Waals surface area contributed by atoms with Crippen LogP contribution in [-0.4, -0.2) is 54.4 Å². The molecule has 1 saturated heterocycles. The number of amides is 2. The summed E-state index contributed by atoms with van der Waals surface area (Å²) in [7, 11) is 0. The van der Waals surface area contributed by atoms with Crippen molar-refractivity contribution in [2.45, 2.75) is 26.7 Å². The predicted molar refractivity (Wildman–Crippen MR) is 110 cm³/mol. The fourth-order valence-corrected chi connectivity index (χ4v) is 3.32. The van der Waals surface area contributed by atoms with Crippen LogP contribution in [0.15, 0.2) is 48.5 Å². The molecule has 0 saturated carbocycles. The molecule has 1 heterocycles. The second kappa shape index (κ2) is 9.40. The van der Waals surface area contributed by atoms with E-state index in [1.54, 1.807) is 0 Å². The summed E-state index contributed by atoms with van der Waals surface area (Å²) in [6, 6.07) is 15.5. The molecule has 0 aliphatic carbocycles. The number of benzene rings is 2. The molecule has 2 aromatic carbocycles. The molecule has 5 heteroatoms. The third kappa shape index (κ3) is 5.12. The Bertz CT molecular complexity index is 809. The van der Waals surface area contributed by atoms with Gasteiger partial charge in [-0.3, -0.25) is 9.59 Å². The van der Waals surface area contributed by atoms with Gasteiger partial charge in [-0.15, -0.1) is 0 Å². The van der Waals surface area contributed by atoms with Crippen molar-refractivity contribution >= 4 is 11.8 Å². The van der Waals surface area contributed by atoms with Gasteiger partial charge in [0.2, 0.25) is 5.91 Å². The molecule has 5 nitrogen and oxygen atoms in total. The number of hydrogen-bond acceptors (Lipinski definition) is 3. The molecule has 0 atom stereocenters. The van der Waals surface area contributed by atoms with Crippen LogP contribution in [0.5, 0.6) is 5.75 Å². The van der Waals surface area contributed by atoms with E-state index in [4.69, 9.17) is 4.74 Å². The first-order valence-electron chi connectivity index (χ1n) is 9.87. The fraction of sp³-hybridized carbons (Fsp3) is 0.391. The summed E-state index contributed by atoms with van der Waals surface area (Å²) >= 11 is 0. The van der Waals surface area contributed by atoms with Gasteiger partial charge < -0.3 is 14.5 Å². The van der Waals surface area contributed by atoms with Crippen molar-refractivity contribution in [2.24, 2.45) is 0 Å².